The summed E-state index contributed by atoms with van der Waals surface area (Å²) in [4.78, 5) is 4.64. The lowest BCUT2D eigenvalue weighted by Crippen LogP contribution is -2.46. The topological polar surface area (TPSA) is 28.1 Å². The number of amidine groups is 1. The Labute approximate surface area is 89.4 Å². The summed E-state index contributed by atoms with van der Waals surface area (Å²) in [6, 6.07) is 0. The number of hydrazine groups is 1. The molecule has 0 spiro atoms. The van der Waals surface area contributed by atoms with Crippen LogP contribution in [0.15, 0.2) is 4.99 Å². The van der Waals surface area contributed by atoms with Gasteiger partial charge >= 0.3 is 0 Å². The van der Waals surface area contributed by atoms with Crippen LogP contribution in [0.25, 0.3) is 0 Å². The van der Waals surface area contributed by atoms with Gasteiger partial charge in [0, 0.05) is 7.05 Å². The molecule has 0 bridgehead atoms. The van der Waals surface area contributed by atoms with Gasteiger partial charge in [-0.2, -0.15) is 5.01 Å². The standard InChI is InChI=1S/C9H21N3OSi/c1-7-10-8(9(2,3)4)11(5)12(7)6-13-14/h8H,6H2,1-5,14H3. The quantitative estimate of drug-likeness (QED) is 0.616. The number of nitrogens with zero attached hydrogens (tertiary/aromatic N) is 3. The molecular weight excluding hydrogens is 194 g/mol. The first kappa shape index (κ1) is 11.7. The van der Waals surface area contributed by atoms with E-state index in [9.17, 15) is 0 Å². The van der Waals surface area contributed by atoms with E-state index in [0.717, 1.165) is 16.3 Å². The van der Waals surface area contributed by atoms with Crippen molar-refractivity contribution in [2.75, 3.05) is 13.8 Å². The van der Waals surface area contributed by atoms with E-state index in [1.165, 1.54) is 0 Å². The molecule has 1 unspecified atom stereocenters. The Kier molecular flexibility index (Phi) is 3.34. The van der Waals surface area contributed by atoms with Crippen LogP contribution in [0.3, 0.4) is 0 Å². The van der Waals surface area contributed by atoms with Crippen LogP contribution >= 0.6 is 0 Å². The maximum absolute atomic E-state index is 5.27. The molecule has 0 aromatic heterocycles. The van der Waals surface area contributed by atoms with Gasteiger partial charge in [0.1, 0.15) is 29.2 Å². The van der Waals surface area contributed by atoms with Gasteiger partial charge in [-0.25, -0.2) is 0 Å². The molecule has 1 rings (SSSR count). The lowest BCUT2D eigenvalue weighted by Gasteiger charge is -2.35. The summed E-state index contributed by atoms with van der Waals surface area (Å²) >= 11 is 0. The molecule has 0 N–H and O–H groups in total. The van der Waals surface area contributed by atoms with Crippen LogP contribution in [0.4, 0.5) is 0 Å². The molecule has 0 radical (unpaired) electrons. The summed E-state index contributed by atoms with van der Waals surface area (Å²) in [5.74, 6) is 1.04. The molecule has 0 saturated heterocycles. The van der Waals surface area contributed by atoms with E-state index in [2.05, 4.69) is 42.8 Å². The van der Waals surface area contributed by atoms with Gasteiger partial charge in [-0.3, -0.25) is 10.0 Å². The molecule has 1 aliphatic rings. The van der Waals surface area contributed by atoms with E-state index in [-0.39, 0.29) is 11.6 Å². The SMILES string of the molecule is CC1=NC(C(C)(C)C)N(C)N1CO[SiH3]. The summed E-state index contributed by atoms with van der Waals surface area (Å²) in [5, 5.41) is 4.25. The van der Waals surface area contributed by atoms with Gasteiger partial charge in [0.25, 0.3) is 0 Å². The second-order valence-electron chi connectivity index (χ2n) is 4.81. The maximum atomic E-state index is 5.27. The molecule has 4 nitrogen and oxygen atoms in total. The molecule has 1 aliphatic heterocycles. The molecule has 0 aromatic rings. The largest absolute Gasteiger partial charge is 0.410 e. The van der Waals surface area contributed by atoms with Crippen LogP contribution in [0.2, 0.25) is 0 Å². The zero-order valence-electron chi connectivity index (χ0n) is 10.0. The molecule has 14 heavy (non-hydrogen) atoms. The van der Waals surface area contributed by atoms with Crippen molar-refractivity contribution in [3.63, 3.8) is 0 Å². The van der Waals surface area contributed by atoms with E-state index in [4.69, 9.17) is 4.43 Å². The van der Waals surface area contributed by atoms with Crippen molar-refractivity contribution in [1.29, 1.82) is 0 Å². The molecule has 0 aromatic carbocycles. The van der Waals surface area contributed by atoms with Crippen LogP contribution in [0, 0.1) is 5.41 Å². The highest BCUT2D eigenvalue weighted by atomic mass is 28.2. The van der Waals surface area contributed by atoms with Crippen molar-refractivity contribution >= 4 is 16.3 Å². The molecule has 0 aliphatic carbocycles. The van der Waals surface area contributed by atoms with Crippen molar-refractivity contribution < 1.29 is 4.43 Å². The minimum absolute atomic E-state index is 0.163. The van der Waals surface area contributed by atoms with E-state index in [0.29, 0.717) is 6.73 Å². The highest BCUT2D eigenvalue weighted by molar-refractivity contribution is 5.98. The van der Waals surface area contributed by atoms with Crippen LogP contribution < -0.4 is 0 Å². The Morgan fingerprint density at radius 2 is 2.07 bits per heavy atom. The number of hydrogen-bond acceptors (Lipinski definition) is 4. The lowest BCUT2D eigenvalue weighted by atomic mass is 9.92. The highest BCUT2D eigenvalue weighted by Gasteiger charge is 2.36. The van der Waals surface area contributed by atoms with Gasteiger partial charge in [-0.15, -0.1) is 0 Å². The third-order valence-electron chi connectivity index (χ3n) is 2.44. The van der Waals surface area contributed by atoms with Gasteiger partial charge in [-0.1, -0.05) is 20.8 Å². The lowest BCUT2D eigenvalue weighted by molar-refractivity contribution is -0.0289. The van der Waals surface area contributed by atoms with Gasteiger partial charge in [0.05, 0.1) is 0 Å². The average Bonchev–Trinajstić information content (AvgIpc) is 2.31. The summed E-state index contributed by atoms with van der Waals surface area (Å²) < 4.78 is 5.27. The zero-order valence-corrected chi connectivity index (χ0v) is 12.0. The second kappa shape index (κ2) is 4.00. The number of aliphatic imine (C=N–C) groups is 1. The minimum Gasteiger partial charge on any atom is -0.410 e. The normalized spacial score (nSPS) is 24.5. The summed E-state index contributed by atoms with van der Waals surface area (Å²) in [6.45, 7) is 9.27. The third kappa shape index (κ3) is 2.16. The molecule has 1 heterocycles. The van der Waals surface area contributed by atoms with E-state index < -0.39 is 0 Å². The van der Waals surface area contributed by atoms with Crippen LogP contribution in [0.1, 0.15) is 27.7 Å². The van der Waals surface area contributed by atoms with Crippen molar-refractivity contribution in [3.8, 4) is 0 Å². The fourth-order valence-corrected chi connectivity index (χ4v) is 1.99. The summed E-state index contributed by atoms with van der Waals surface area (Å²) in [6.07, 6.45) is 0.222. The Bertz CT molecular complexity index is 237. The van der Waals surface area contributed by atoms with Crippen molar-refractivity contribution in [1.82, 2.24) is 10.0 Å². The first-order valence-electron chi connectivity index (χ1n) is 4.91. The monoisotopic (exact) mass is 215 g/mol. The van der Waals surface area contributed by atoms with Crippen LogP contribution in [-0.2, 0) is 4.43 Å². The van der Waals surface area contributed by atoms with Gasteiger partial charge < -0.3 is 4.43 Å². The maximum Gasteiger partial charge on any atom is 0.148 e. The fourth-order valence-electron chi connectivity index (χ4n) is 1.75. The number of hydrogen-bond donors (Lipinski definition) is 0. The Morgan fingerprint density at radius 3 is 2.43 bits per heavy atom. The van der Waals surface area contributed by atoms with Gasteiger partial charge in [-0.05, 0) is 12.3 Å². The molecular formula is C9H21N3OSi. The van der Waals surface area contributed by atoms with Crippen LogP contribution in [-0.4, -0.2) is 46.3 Å². The highest BCUT2D eigenvalue weighted by Crippen LogP contribution is 2.29. The molecule has 82 valence electrons. The molecule has 5 heteroatoms. The van der Waals surface area contributed by atoms with Crippen molar-refractivity contribution in [2.45, 2.75) is 33.9 Å². The van der Waals surface area contributed by atoms with Gasteiger partial charge in [0.15, 0.2) is 0 Å². The fraction of sp³-hybridized carbons (Fsp3) is 0.889. The summed E-state index contributed by atoms with van der Waals surface area (Å²) in [7, 11) is 2.83. The van der Waals surface area contributed by atoms with E-state index in [1.807, 2.05) is 6.92 Å². The predicted octanol–water partition coefficient (Wildman–Crippen LogP) is 0.194. The second-order valence-corrected chi connectivity index (χ2v) is 5.38. The third-order valence-corrected chi connectivity index (χ3v) is 2.70. The first-order valence-corrected chi connectivity index (χ1v) is 5.73. The predicted molar refractivity (Wildman–Crippen MR) is 61.8 cm³/mol. The van der Waals surface area contributed by atoms with Crippen LogP contribution in [0.5, 0.6) is 0 Å². The summed E-state index contributed by atoms with van der Waals surface area (Å²) in [5.41, 5.74) is 0.163. The molecule has 0 amide bonds. The van der Waals surface area contributed by atoms with E-state index in [1.54, 1.807) is 0 Å². The van der Waals surface area contributed by atoms with Crippen molar-refractivity contribution in [2.24, 2.45) is 10.4 Å². The minimum atomic E-state index is 0.163. The Morgan fingerprint density at radius 1 is 1.50 bits per heavy atom. The molecule has 1 atom stereocenters. The zero-order chi connectivity index (χ0) is 10.9. The van der Waals surface area contributed by atoms with Gasteiger partial charge in [0.2, 0.25) is 0 Å². The average molecular weight is 215 g/mol. The van der Waals surface area contributed by atoms with E-state index >= 15 is 0 Å². The number of rotatable bonds is 2. The van der Waals surface area contributed by atoms with Crippen molar-refractivity contribution in [3.05, 3.63) is 0 Å². The molecule has 0 fully saturated rings. The molecule has 0 saturated carbocycles. The smallest absolute Gasteiger partial charge is 0.148 e. The first-order chi connectivity index (χ1) is 6.38. The Hall–Kier alpha value is -0.393. The Balaban J connectivity index is 2.78.